The standard InChI is InChI=1S/C17H14I3NO4/c1-21(2)16(22)12-10(18)8-11(19)15(13(12)20)25-14(17(23)24)9-6-4-3-5-7-9/h3-8,14H,1-2H3,(H,23,24). The molecule has 2 rings (SSSR count). The Balaban J connectivity index is 2.53. The number of hydrogen-bond donors (Lipinski definition) is 1. The van der Waals surface area contributed by atoms with Crippen LogP contribution < -0.4 is 4.74 Å². The van der Waals surface area contributed by atoms with Crippen LogP contribution in [0.4, 0.5) is 0 Å². The average molecular weight is 677 g/mol. The third-order valence-electron chi connectivity index (χ3n) is 3.31. The zero-order valence-electron chi connectivity index (χ0n) is 13.3. The highest BCUT2D eigenvalue weighted by atomic mass is 127. The van der Waals surface area contributed by atoms with Crippen molar-refractivity contribution in [3.63, 3.8) is 0 Å². The van der Waals surface area contributed by atoms with Gasteiger partial charge in [-0.25, -0.2) is 4.79 Å². The summed E-state index contributed by atoms with van der Waals surface area (Å²) >= 11 is 6.24. The molecule has 132 valence electrons. The second-order valence-electron chi connectivity index (χ2n) is 5.30. The number of hydrogen-bond acceptors (Lipinski definition) is 3. The number of halogens is 3. The second kappa shape index (κ2) is 8.84. The van der Waals surface area contributed by atoms with Gasteiger partial charge in [0.2, 0.25) is 6.10 Å². The van der Waals surface area contributed by atoms with Crippen LogP contribution in [0.3, 0.4) is 0 Å². The minimum atomic E-state index is -1.15. The van der Waals surface area contributed by atoms with Crippen LogP contribution in [-0.2, 0) is 4.79 Å². The minimum absolute atomic E-state index is 0.151. The molecule has 1 amide bonds. The predicted molar refractivity (Wildman–Crippen MR) is 120 cm³/mol. The number of carbonyl (C=O) groups is 2. The van der Waals surface area contributed by atoms with E-state index in [0.717, 1.165) is 7.14 Å². The van der Waals surface area contributed by atoms with E-state index in [1.807, 2.05) is 34.7 Å². The van der Waals surface area contributed by atoms with Crippen molar-refractivity contribution in [3.8, 4) is 5.75 Å². The van der Waals surface area contributed by atoms with Crippen molar-refractivity contribution in [1.29, 1.82) is 0 Å². The van der Waals surface area contributed by atoms with Crippen LogP contribution in [0.2, 0.25) is 0 Å². The average Bonchev–Trinajstić information content (AvgIpc) is 2.54. The summed E-state index contributed by atoms with van der Waals surface area (Å²) in [7, 11) is 3.36. The molecule has 1 unspecified atom stereocenters. The van der Waals surface area contributed by atoms with Crippen molar-refractivity contribution in [1.82, 2.24) is 4.90 Å². The van der Waals surface area contributed by atoms with E-state index in [0.29, 0.717) is 20.4 Å². The van der Waals surface area contributed by atoms with Gasteiger partial charge in [0, 0.05) is 23.2 Å². The lowest BCUT2D eigenvalue weighted by molar-refractivity contribution is -0.145. The molecule has 0 saturated heterocycles. The zero-order valence-corrected chi connectivity index (χ0v) is 19.8. The van der Waals surface area contributed by atoms with Gasteiger partial charge >= 0.3 is 5.97 Å². The lowest BCUT2D eigenvalue weighted by Gasteiger charge is -2.21. The molecule has 0 saturated carbocycles. The molecule has 0 aliphatic heterocycles. The maximum absolute atomic E-state index is 12.5. The SMILES string of the molecule is CN(C)C(=O)c1c(I)cc(I)c(OC(C(=O)O)c2ccccc2)c1I. The lowest BCUT2D eigenvalue weighted by Crippen LogP contribution is -2.25. The van der Waals surface area contributed by atoms with E-state index in [9.17, 15) is 14.7 Å². The van der Waals surface area contributed by atoms with Gasteiger partial charge in [0.15, 0.2) is 0 Å². The summed E-state index contributed by atoms with van der Waals surface area (Å²) in [6, 6.07) is 10.6. The number of ether oxygens (including phenoxy) is 1. The smallest absolute Gasteiger partial charge is 0.349 e. The van der Waals surface area contributed by atoms with E-state index < -0.39 is 12.1 Å². The maximum Gasteiger partial charge on any atom is 0.349 e. The van der Waals surface area contributed by atoms with Crippen LogP contribution in [0, 0.1) is 10.7 Å². The van der Waals surface area contributed by atoms with Crippen molar-refractivity contribution >= 4 is 79.6 Å². The third kappa shape index (κ3) is 4.76. The Hall–Kier alpha value is -0.630. The molecule has 0 aromatic heterocycles. The Kier molecular flexibility index (Phi) is 7.31. The lowest BCUT2D eigenvalue weighted by atomic mass is 10.1. The van der Waals surface area contributed by atoms with Crippen molar-refractivity contribution in [2.24, 2.45) is 0 Å². The summed E-state index contributed by atoms with van der Waals surface area (Å²) in [6.45, 7) is 0. The van der Waals surface area contributed by atoms with Gasteiger partial charge in [0.05, 0.1) is 12.7 Å². The summed E-state index contributed by atoms with van der Waals surface area (Å²) in [6.07, 6.45) is -1.15. The van der Waals surface area contributed by atoms with Crippen molar-refractivity contribution < 1.29 is 19.4 Å². The molecule has 0 radical (unpaired) electrons. The first-order chi connectivity index (χ1) is 11.7. The molecule has 8 heteroatoms. The fourth-order valence-corrected chi connectivity index (χ4v) is 6.19. The summed E-state index contributed by atoms with van der Waals surface area (Å²) in [5.41, 5.74) is 1.06. The van der Waals surface area contributed by atoms with E-state index >= 15 is 0 Å². The van der Waals surface area contributed by atoms with E-state index in [4.69, 9.17) is 4.74 Å². The van der Waals surface area contributed by atoms with Crippen LogP contribution in [0.25, 0.3) is 0 Å². The van der Waals surface area contributed by atoms with Gasteiger partial charge in [-0.15, -0.1) is 0 Å². The number of rotatable bonds is 5. The summed E-state index contributed by atoms with van der Waals surface area (Å²) in [4.78, 5) is 25.7. The molecule has 2 aromatic rings. The zero-order chi connectivity index (χ0) is 18.7. The molecule has 1 N–H and O–H groups in total. The highest BCUT2D eigenvalue weighted by Crippen LogP contribution is 2.36. The summed E-state index contributed by atoms with van der Waals surface area (Å²) in [5, 5.41) is 9.58. The van der Waals surface area contributed by atoms with E-state index in [-0.39, 0.29) is 5.91 Å². The topological polar surface area (TPSA) is 66.8 Å². The Bertz CT molecular complexity index is 809. The monoisotopic (exact) mass is 677 g/mol. The van der Waals surface area contributed by atoms with E-state index in [1.165, 1.54) is 4.90 Å². The number of carbonyl (C=O) groups excluding carboxylic acids is 1. The second-order valence-corrected chi connectivity index (χ2v) is 8.71. The summed E-state index contributed by atoms with van der Waals surface area (Å²) in [5.74, 6) is -0.832. The molecule has 2 aromatic carbocycles. The molecule has 0 heterocycles. The largest absolute Gasteiger partial charge is 0.478 e. The highest BCUT2D eigenvalue weighted by Gasteiger charge is 2.27. The van der Waals surface area contributed by atoms with E-state index in [1.54, 1.807) is 38.4 Å². The predicted octanol–water partition coefficient (Wildman–Crippen LogP) is 4.41. The summed E-state index contributed by atoms with van der Waals surface area (Å²) < 4.78 is 8.02. The van der Waals surface area contributed by atoms with Crippen molar-refractivity contribution in [3.05, 3.63) is 58.2 Å². The molecule has 1 atom stereocenters. The Labute approximate surface area is 186 Å². The van der Waals surface area contributed by atoms with Crippen molar-refractivity contribution in [2.75, 3.05) is 14.1 Å². The minimum Gasteiger partial charge on any atom is -0.478 e. The molecule has 25 heavy (non-hydrogen) atoms. The van der Waals surface area contributed by atoms with Crippen LogP contribution in [0.1, 0.15) is 22.0 Å². The van der Waals surface area contributed by atoms with Gasteiger partial charge in [0.25, 0.3) is 5.91 Å². The molecular weight excluding hydrogens is 663 g/mol. The van der Waals surface area contributed by atoms with Gasteiger partial charge in [0.1, 0.15) is 5.75 Å². The molecule has 5 nitrogen and oxygen atoms in total. The van der Waals surface area contributed by atoms with E-state index in [2.05, 4.69) is 45.2 Å². The van der Waals surface area contributed by atoms with Crippen LogP contribution in [0.15, 0.2) is 36.4 Å². The number of carboxylic acids is 1. The molecule has 0 fully saturated rings. The molecule has 0 aliphatic carbocycles. The van der Waals surface area contributed by atoms with Gasteiger partial charge in [-0.2, -0.15) is 0 Å². The molecule has 0 aliphatic rings. The molecular formula is C17H14I3NO4. The van der Waals surface area contributed by atoms with Crippen molar-refractivity contribution in [2.45, 2.75) is 6.10 Å². The Morgan fingerprint density at radius 3 is 2.20 bits per heavy atom. The first kappa shape index (κ1) is 20.7. The number of benzene rings is 2. The fraction of sp³-hybridized carbons (Fsp3) is 0.176. The van der Waals surface area contributed by atoms with Crippen LogP contribution in [0.5, 0.6) is 5.75 Å². The van der Waals surface area contributed by atoms with Gasteiger partial charge < -0.3 is 14.7 Å². The highest BCUT2D eigenvalue weighted by molar-refractivity contribution is 14.1. The number of nitrogens with zero attached hydrogens (tertiary/aromatic N) is 1. The third-order valence-corrected chi connectivity index (χ3v) is 5.99. The van der Waals surface area contributed by atoms with Gasteiger partial charge in [-0.05, 0) is 73.8 Å². The normalized spacial score (nSPS) is 11.7. The number of amides is 1. The van der Waals surface area contributed by atoms with Crippen LogP contribution in [-0.4, -0.2) is 36.0 Å². The molecule has 0 spiro atoms. The Morgan fingerprint density at radius 2 is 1.68 bits per heavy atom. The number of aliphatic carboxylic acids is 1. The first-order valence-corrected chi connectivity index (χ1v) is 10.3. The number of carboxylic acid groups (broad SMARTS) is 1. The maximum atomic E-state index is 12.5. The van der Waals surface area contributed by atoms with Gasteiger partial charge in [-0.3, -0.25) is 4.79 Å². The van der Waals surface area contributed by atoms with Gasteiger partial charge in [-0.1, -0.05) is 30.3 Å². The van der Waals surface area contributed by atoms with Crippen LogP contribution >= 0.6 is 67.8 Å². The fourth-order valence-electron chi connectivity index (χ4n) is 2.11. The Morgan fingerprint density at radius 1 is 1.08 bits per heavy atom. The molecule has 0 bridgehead atoms. The first-order valence-electron chi connectivity index (χ1n) is 7.07. The quantitative estimate of drug-likeness (QED) is 0.477.